The molecule has 0 N–H and O–H groups in total. The van der Waals surface area contributed by atoms with Crippen LogP contribution in [0.1, 0.15) is 24.3 Å². The average Bonchev–Trinajstić information content (AvgIpc) is 2.75. The Hall–Kier alpha value is -1.34. The smallest absolute Gasteiger partial charge is 0.0392 e. The van der Waals surface area contributed by atoms with E-state index in [1.54, 1.807) is 0 Å². The number of thiophene rings is 1. The second kappa shape index (κ2) is 3.08. The van der Waals surface area contributed by atoms with E-state index in [1.165, 1.54) is 26.1 Å². The summed E-state index contributed by atoms with van der Waals surface area (Å²) in [5.74, 6) is 0. The molecular weight excluding hydrogens is 212 g/mol. The molecule has 80 valence electrons. The molecule has 3 rings (SSSR count). The van der Waals surface area contributed by atoms with Crippen molar-refractivity contribution in [2.75, 3.05) is 0 Å². The number of fused-ring (bicyclic) bond motifs is 3. The lowest BCUT2D eigenvalue weighted by Gasteiger charge is -2.16. The van der Waals surface area contributed by atoms with Gasteiger partial charge in [0.25, 0.3) is 0 Å². The maximum Gasteiger partial charge on any atom is 0.0392 e. The highest BCUT2D eigenvalue weighted by atomic mass is 32.1. The summed E-state index contributed by atoms with van der Waals surface area (Å²) >= 11 is 1.88. The zero-order chi connectivity index (χ0) is 11.3. The first-order chi connectivity index (χ1) is 7.63. The van der Waals surface area contributed by atoms with Crippen LogP contribution in [0, 0.1) is 0 Å². The normalized spacial score (nSPS) is 17.2. The molecule has 0 fully saturated rings. The van der Waals surface area contributed by atoms with Gasteiger partial charge in [-0.2, -0.15) is 0 Å². The van der Waals surface area contributed by atoms with Gasteiger partial charge in [-0.25, -0.2) is 0 Å². The van der Waals surface area contributed by atoms with Crippen molar-refractivity contribution in [2.45, 2.75) is 19.3 Å². The van der Waals surface area contributed by atoms with Gasteiger partial charge in [0.05, 0.1) is 0 Å². The van der Waals surface area contributed by atoms with Gasteiger partial charge < -0.3 is 0 Å². The Kier molecular flexibility index (Phi) is 1.90. The molecule has 0 nitrogen and oxygen atoms in total. The lowest BCUT2D eigenvalue weighted by Crippen LogP contribution is -2.09. The van der Waals surface area contributed by atoms with Crippen LogP contribution in [0.2, 0.25) is 0 Å². The quantitative estimate of drug-likeness (QED) is 0.657. The van der Waals surface area contributed by atoms with Gasteiger partial charge in [0.1, 0.15) is 0 Å². The van der Waals surface area contributed by atoms with Crippen molar-refractivity contribution in [1.82, 2.24) is 0 Å². The van der Waals surface area contributed by atoms with Crippen LogP contribution in [0.25, 0.3) is 15.7 Å². The fourth-order valence-corrected chi connectivity index (χ4v) is 3.95. The minimum Gasteiger partial charge on any atom is -0.135 e. The molecule has 0 unspecified atom stereocenters. The number of hydrogen-bond acceptors (Lipinski definition) is 1. The van der Waals surface area contributed by atoms with Crippen molar-refractivity contribution in [3.63, 3.8) is 0 Å². The molecule has 0 amide bonds. The molecule has 0 aliphatic heterocycles. The van der Waals surface area contributed by atoms with Crippen molar-refractivity contribution >= 4 is 27.0 Å². The lowest BCUT2D eigenvalue weighted by atomic mass is 9.87. The lowest BCUT2D eigenvalue weighted by molar-refractivity contribution is 0.691. The van der Waals surface area contributed by atoms with Crippen molar-refractivity contribution in [3.05, 3.63) is 53.4 Å². The van der Waals surface area contributed by atoms with Gasteiger partial charge in [-0.1, -0.05) is 50.8 Å². The summed E-state index contributed by atoms with van der Waals surface area (Å²) in [5.41, 5.74) is 2.91. The number of rotatable bonds is 1. The van der Waals surface area contributed by atoms with Crippen LogP contribution in [-0.2, 0) is 5.41 Å². The second-order valence-corrected chi connectivity index (χ2v) is 5.88. The molecule has 0 saturated carbocycles. The van der Waals surface area contributed by atoms with E-state index in [1.807, 2.05) is 17.4 Å². The topological polar surface area (TPSA) is 0 Å². The molecule has 1 aromatic carbocycles. The first-order valence-corrected chi connectivity index (χ1v) is 6.33. The van der Waals surface area contributed by atoms with Crippen LogP contribution in [0.3, 0.4) is 0 Å². The monoisotopic (exact) mass is 226 g/mol. The van der Waals surface area contributed by atoms with Crippen LogP contribution in [0.5, 0.6) is 0 Å². The summed E-state index contributed by atoms with van der Waals surface area (Å²) in [6.07, 6.45) is 4.30. The Balaban J connectivity index is 2.43. The van der Waals surface area contributed by atoms with Crippen molar-refractivity contribution in [1.29, 1.82) is 0 Å². The third-order valence-corrected chi connectivity index (χ3v) is 4.46. The van der Waals surface area contributed by atoms with Crippen LogP contribution < -0.4 is 0 Å². The number of allylic oxidation sites excluding steroid dienone is 3. The molecule has 2 aromatic rings. The molecule has 1 aliphatic rings. The zero-order valence-corrected chi connectivity index (χ0v) is 10.4. The van der Waals surface area contributed by atoms with E-state index < -0.39 is 0 Å². The van der Waals surface area contributed by atoms with Crippen LogP contribution in [-0.4, -0.2) is 0 Å². The van der Waals surface area contributed by atoms with Gasteiger partial charge in [-0.15, -0.1) is 11.3 Å². The van der Waals surface area contributed by atoms with Crippen LogP contribution >= 0.6 is 11.3 Å². The summed E-state index contributed by atoms with van der Waals surface area (Å²) in [5, 5.41) is 1.40. The first-order valence-electron chi connectivity index (χ1n) is 5.51. The van der Waals surface area contributed by atoms with E-state index in [-0.39, 0.29) is 5.41 Å². The molecule has 1 aliphatic carbocycles. The third-order valence-electron chi connectivity index (χ3n) is 3.24. The molecule has 0 atom stereocenters. The average molecular weight is 226 g/mol. The SMILES string of the molecule is C=CC1=CC(C)(C)c2c1sc1ccccc21. The van der Waals surface area contributed by atoms with Gasteiger partial charge in [-0.05, 0) is 22.6 Å². The van der Waals surface area contributed by atoms with Crippen LogP contribution in [0.15, 0.2) is 43.0 Å². The predicted molar refractivity (Wildman–Crippen MR) is 73.0 cm³/mol. The van der Waals surface area contributed by atoms with Gasteiger partial charge in [0.2, 0.25) is 0 Å². The molecule has 16 heavy (non-hydrogen) atoms. The van der Waals surface area contributed by atoms with Crippen molar-refractivity contribution in [2.24, 2.45) is 0 Å². The highest BCUT2D eigenvalue weighted by molar-refractivity contribution is 7.20. The van der Waals surface area contributed by atoms with E-state index >= 15 is 0 Å². The van der Waals surface area contributed by atoms with Crippen LogP contribution in [0.4, 0.5) is 0 Å². The van der Waals surface area contributed by atoms with Gasteiger partial charge in [-0.3, -0.25) is 0 Å². The molecule has 1 heteroatoms. The number of benzene rings is 1. The van der Waals surface area contributed by atoms with Gasteiger partial charge in [0, 0.05) is 15.0 Å². The minimum atomic E-state index is 0.137. The molecule has 1 heterocycles. The van der Waals surface area contributed by atoms with Crippen molar-refractivity contribution in [3.8, 4) is 0 Å². The first kappa shape index (κ1) is 9.86. The highest BCUT2D eigenvalue weighted by Crippen LogP contribution is 2.48. The van der Waals surface area contributed by atoms with E-state index in [0.717, 1.165) is 0 Å². The largest absolute Gasteiger partial charge is 0.135 e. The van der Waals surface area contributed by atoms with Gasteiger partial charge in [0.15, 0.2) is 0 Å². The van der Waals surface area contributed by atoms with Crippen molar-refractivity contribution < 1.29 is 0 Å². The Labute approximate surface area is 99.9 Å². The Morgan fingerprint density at radius 2 is 2.00 bits per heavy atom. The predicted octanol–water partition coefficient (Wildman–Crippen LogP) is 4.76. The maximum atomic E-state index is 3.92. The minimum absolute atomic E-state index is 0.137. The summed E-state index contributed by atoms with van der Waals surface area (Å²) in [6, 6.07) is 8.66. The summed E-state index contributed by atoms with van der Waals surface area (Å²) in [7, 11) is 0. The molecule has 1 aromatic heterocycles. The zero-order valence-electron chi connectivity index (χ0n) is 9.58. The summed E-state index contributed by atoms with van der Waals surface area (Å²) < 4.78 is 1.38. The van der Waals surface area contributed by atoms with E-state index in [4.69, 9.17) is 0 Å². The fraction of sp³-hybridized carbons (Fsp3) is 0.200. The molecule has 0 spiro atoms. The fourth-order valence-electron chi connectivity index (χ4n) is 2.57. The maximum absolute atomic E-state index is 3.92. The van der Waals surface area contributed by atoms with E-state index in [2.05, 4.69) is 50.8 Å². The molecule has 0 saturated heterocycles. The number of hydrogen-bond donors (Lipinski definition) is 0. The standard InChI is InChI=1S/C15H14S/c1-4-10-9-15(2,3)13-11-7-5-6-8-12(11)16-14(10)13/h4-9H,1H2,2-3H3. The van der Waals surface area contributed by atoms with Gasteiger partial charge >= 0.3 is 0 Å². The van der Waals surface area contributed by atoms with E-state index in [0.29, 0.717) is 0 Å². The Bertz CT molecular complexity index is 611. The second-order valence-electron chi connectivity index (χ2n) is 4.83. The Morgan fingerprint density at radius 1 is 1.25 bits per heavy atom. The third kappa shape index (κ3) is 1.15. The summed E-state index contributed by atoms with van der Waals surface area (Å²) in [6.45, 7) is 8.47. The molecular formula is C15H14S. The molecule has 0 bridgehead atoms. The summed E-state index contributed by atoms with van der Waals surface area (Å²) in [4.78, 5) is 1.40. The Morgan fingerprint density at radius 3 is 2.75 bits per heavy atom. The van der Waals surface area contributed by atoms with E-state index in [9.17, 15) is 0 Å². The molecule has 0 radical (unpaired) electrons. The highest BCUT2D eigenvalue weighted by Gasteiger charge is 2.32.